The van der Waals surface area contributed by atoms with Crippen molar-refractivity contribution in [2.45, 2.75) is 36.6 Å². The predicted molar refractivity (Wildman–Crippen MR) is 74.1 cm³/mol. The second-order valence-electron chi connectivity index (χ2n) is 5.03. The third kappa shape index (κ3) is 3.33. The molecule has 1 aromatic rings. The standard InChI is InChI=1S/C13H18N4O2S/c14-6-10-5-12(9-16-8-10)20(18,19)17-13-4-2-1-3-11(13)7-15/h5,8-9,11,13,17H,1-4,7,15H2. The number of nitrogens with one attached hydrogen (secondary N) is 1. The van der Waals surface area contributed by atoms with Crippen LogP contribution in [0.3, 0.4) is 0 Å². The zero-order valence-corrected chi connectivity index (χ0v) is 11.9. The molecule has 2 rings (SSSR count). The highest BCUT2D eigenvalue weighted by molar-refractivity contribution is 7.89. The van der Waals surface area contributed by atoms with Crippen LogP contribution in [-0.4, -0.2) is 26.0 Å². The molecule has 0 aromatic carbocycles. The van der Waals surface area contributed by atoms with Crippen molar-refractivity contribution in [3.05, 3.63) is 24.0 Å². The predicted octanol–water partition coefficient (Wildman–Crippen LogP) is 0.749. The Morgan fingerprint density at radius 2 is 2.15 bits per heavy atom. The van der Waals surface area contributed by atoms with E-state index in [1.165, 1.54) is 18.5 Å². The Balaban J connectivity index is 2.20. The van der Waals surface area contributed by atoms with Gasteiger partial charge >= 0.3 is 0 Å². The molecule has 0 bridgehead atoms. The minimum absolute atomic E-state index is 0.0258. The lowest BCUT2D eigenvalue weighted by Crippen LogP contribution is -2.44. The largest absolute Gasteiger partial charge is 0.330 e. The lowest BCUT2D eigenvalue weighted by atomic mass is 9.85. The normalized spacial score (nSPS) is 23.2. The van der Waals surface area contributed by atoms with Crippen molar-refractivity contribution in [1.29, 1.82) is 5.26 Å². The summed E-state index contributed by atoms with van der Waals surface area (Å²) in [7, 11) is -3.65. The summed E-state index contributed by atoms with van der Waals surface area (Å²) < 4.78 is 27.4. The number of hydrogen-bond donors (Lipinski definition) is 2. The molecule has 1 heterocycles. The number of nitriles is 1. The molecular formula is C13H18N4O2S. The van der Waals surface area contributed by atoms with E-state index in [0.717, 1.165) is 25.7 Å². The molecule has 0 radical (unpaired) electrons. The molecule has 0 spiro atoms. The summed E-state index contributed by atoms with van der Waals surface area (Å²) in [6.07, 6.45) is 6.42. The Morgan fingerprint density at radius 3 is 2.85 bits per heavy atom. The van der Waals surface area contributed by atoms with Gasteiger partial charge in [-0.05, 0) is 31.4 Å². The number of aromatic nitrogens is 1. The average molecular weight is 294 g/mol. The fourth-order valence-corrected chi connectivity index (χ4v) is 3.87. The molecule has 0 aliphatic heterocycles. The zero-order valence-electron chi connectivity index (χ0n) is 11.1. The van der Waals surface area contributed by atoms with Crippen molar-refractivity contribution >= 4 is 10.0 Å². The molecule has 0 amide bonds. The van der Waals surface area contributed by atoms with E-state index >= 15 is 0 Å². The number of hydrogen-bond acceptors (Lipinski definition) is 5. The summed E-state index contributed by atoms with van der Waals surface area (Å²) in [5, 5.41) is 8.81. The molecule has 2 unspecified atom stereocenters. The quantitative estimate of drug-likeness (QED) is 0.851. The van der Waals surface area contributed by atoms with E-state index in [2.05, 4.69) is 9.71 Å². The molecule has 1 aromatic heterocycles. The first kappa shape index (κ1) is 14.9. The highest BCUT2D eigenvalue weighted by Gasteiger charge is 2.28. The van der Waals surface area contributed by atoms with Gasteiger partial charge in [0.1, 0.15) is 11.0 Å². The summed E-state index contributed by atoms with van der Waals surface area (Å²) >= 11 is 0. The maximum Gasteiger partial charge on any atom is 0.242 e. The van der Waals surface area contributed by atoms with Crippen molar-refractivity contribution in [1.82, 2.24) is 9.71 Å². The molecule has 1 saturated carbocycles. The van der Waals surface area contributed by atoms with Gasteiger partial charge in [0.05, 0.1) is 5.56 Å². The van der Waals surface area contributed by atoms with Crippen LogP contribution >= 0.6 is 0 Å². The van der Waals surface area contributed by atoms with E-state index in [0.29, 0.717) is 6.54 Å². The van der Waals surface area contributed by atoms with Crippen LogP contribution in [-0.2, 0) is 10.0 Å². The maximum absolute atomic E-state index is 12.3. The first-order valence-corrected chi connectivity index (χ1v) is 8.12. The number of nitrogens with two attached hydrogens (primary N) is 1. The summed E-state index contributed by atoms with van der Waals surface area (Å²) in [6, 6.07) is 3.08. The Bertz CT molecular complexity index is 609. The van der Waals surface area contributed by atoms with E-state index in [1.807, 2.05) is 6.07 Å². The van der Waals surface area contributed by atoms with Gasteiger partial charge in [-0.15, -0.1) is 0 Å². The lowest BCUT2D eigenvalue weighted by molar-refractivity contribution is 0.296. The van der Waals surface area contributed by atoms with E-state index in [4.69, 9.17) is 11.0 Å². The van der Waals surface area contributed by atoms with Crippen molar-refractivity contribution < 1.29 is 8.42 Å². The van der Waals surface area contributed by atoms with Gasteiger partial charge in [0.15, 0.2) is 0 Å². The summed E-state index contributed by atoms with van der Waals surface area (Å²) in [5.74, 6) is 0.172. The van der Waals surface area contributed by atoms with Crippen LogP contribution < -0.4 is 10.5 Å². The van der Waals surface area contributed by atoms with Crippen LogP contribution in [0, 0.1) is 17.2 Å². The number of pyridine rings is 1. The van der Waals surface area contributed by atoms with Gasteiger partial charge in [-0.3, -0.25) is 4.98 Å². The van der Waals surface area contributed by atoms with E-state index < -0.39 is 10.0 Å². The zero-order chi connectivity index (χ0) is 14.6. The molecule has 7 heteroatoms. The molecule has 6 nitrogen and oxygen atoms in total. The fraction of sp³-hybridized carbons (Fsp3) is 0.538. The monoisotopic (exact) mass is 294 g/mol. The van der Waals surface area contributed by atoms with Gasteiger partial charge < -0.3 is 5.73 Å². The van der Waals surface area contributed by atoms with Gasteiger partial charge in [0.2, 0.25) is 10.0 Å². The highest BCUT2D eigenvalue weighted by atomic mass is 32.2. The SMILES string of the molecule is N#Cc1cncc(S(=O)(=O)NC2CCCCC2CN)c1. The average Bonchev–Trinajstić information content (AvgIpc) is 2.47. The second kappa shape index (κ2) is 6.31. The van der Waals surface area contributed by atoms with E-state index in [-0.39, 0.29) is 22.4 Å². The molecule has 0 saturated heterocycles. The van der Waals surface area contributed by atoms with Crippen LogP contribution in [0.1, 0.15) is 31.2 Å². The van der Waals surface area contributed by atoms with E-state index in [1.54, 1.807) is 0 Å². The highest BCUT2D eigenvalue weighted by Crippen LogP contribution is 2.25. The van der Waals surface area contributed by atoms with Crippen molar-refractivity contribution in [2.75, 3.05) is 6.54 Å². The van der Waals surface area contributed by atoms with Crippen molar-refractivity contribution in [3.63, 3.8) is 0 Å². The first-order chi connectivity index (χ1) is 9.56. The second-order valence-corrected chi connectivity index (χ2v) is 6.74. The maximum atomic E-state index is 12.3. The fourth-order valence-electron chi connectivity index (χ4n) is 2.54. The van der Waals surface area contributed by atoms with Crippen molar-refractivity contribution in [2.24, 2.45) is 11.7 Å². The molecule has 1 aliphatic rings. The summed E-state index contributed by atoms with van der Waals surface area (Å²) in [6.45, 7) is 0.476. The topological polar surface area (TPSA) is 109 Å². The number of nitrogens with zero attached hydrogens (tertiary/aromatic N) is 2. The Morgan fingerprint density at radius 1 is 1.40 bits per heavy atom. The number of rotatable bonds is 4. The van der Waals surface area contributed by atoms with Crippen molar-refractivity contribution in [3.8, 4) is 6.07 Å². The van der Waals surface area contributed by atoms with Gasteiger partial charge in [0.25, 0.3) is 0 Å². The molecule has 108 valence electrons. The van der Waals surface area contributed by atoms with Crippen LogP contribution in [0.2, 0.25) is 0 Å². The van der Waals surface area contributed by atoms with Crippen LogP contribution in [0.5, 0.6) is 0 Å². The lowest BCUT2D eigenvalue weighted by Gasteiger charge is -2.30. The Labute approximate surface area is 119 Å². The third-order valence-corrected chi connectivity index (χ3v) is 5.13. The summed E-state index contributed by atoms with van der Waals surface area (Å²) in [4.78, 5) is 3.81. The number of sulfonamides is 1. The van der Waals surface area contributed by atoms with Crippen LogP contribution in [0.15, 0.2) is 23.4 Å². The molecule has 1 aliphatic carbocycles. The molecule has 1 fully saturated rings. The third-order valence-electron chi connectivity index (χ3n) is 3.67. The molecular weight excluding hydrogens is 276 g/mol. The van der Waals surface area contributed by atoms with Gasteiger partial charge in [-0.1, -0.05) is 12.8 Å². The first-order valence-electron chi connectivity index (χ1n) is 6.64. The minimum Gasteiger partial charge on any atom is -0.330 e. The molecule has 3 N–H and O–H groups in total. The van der Waals surface area contributed by atoms with E-state index in [9.17, 15) is 8.42 Å². The Hall–Kier alpha value is -1.49. The van der Waals surface area contributed by atoms with Crippen LogP contribution in [0.25, 0.3) is 0 Å². The van der Waals surface area contributed by atoms with Gasteiger partial charge in [-0.25, -0.2) is 13.1 Å². The molecule has 2 atom stereocenters. The molecule has 20 heavy (non-hydrogen) atoms. The van der Waals surface area contributed by atoms with Gasteiger partial charge in [0, 0.05) is 18.4 Å². The van der Waals surface area contributed by atoms with Crippen LogP contribution in [0.4, 0.5) is 0 Å². The minimum atomic E-state index is -3.65. The van der Waals surface area contributed by atoms with Gasteiger partial charge in [-0.2, -0.15) is 5.26 Å². The Kier molecular flexibility index (Phi) is 4.70. The smallest absolute Gasteiger partial charge is 0.242 e. The summed E-state index contributed by atoms with van der Waals surface area (Å²) in [5.41, 5.74) is 5.94.